The van der Waals surface area contributed by atoms with Gasteiger partial charge in [-0.25, -0.2) is 4.79 Å². The number of methoxy groups -OCH3 is 2. The molecule has 7 heteroatoms. The molecule has 1 saturated heterocycles. The normalized spacial score (nSPS) is 18.7. The molecule has 0 bridgehead atoms. The standard InChI is InChI=1S/C19H29BO6/c1-17(2,23-8)12-24-15-10-13(16(21)22-7)9-14(11-15)20-25-18(3,4)19(5,6)26-20/h9-11H,12H2,1-8H3. The van der Waals surface area contributed by atoms with Crippen LogP contribution >= 0.6 is 0 Å². The van der Waals surface area contributed by atoms with E-state index in [2.05, 4.69) is 0 Å². The van der Waals surface area contributed by atoms with Gasteiger partial charge in [-0.3, -0.25) is 0 Å². The second kappa shape index (κ2) is 7.21. The Morgan fingerprint density at radius 2 is 1.65 bits per heavy atom. The minimum Gasteiger partial charge on any atom is -0.491 e. The molecule has 1 aromatic rings. The van der Waals surface area contributed by atoms with Crippen LogP contribution in [-0.2, 0) is 18.8 Å². The number of carbonyl (C=O) groups is 1. The van der Waals surface area contributed by atoms with E-state index in [1.165, 1.54) is 7.11 Å². The topological polar surface area (TPSA) is 63.2 Å². The van der Waals surface area contributed by atoms with Crippen LogP contribution in [0, 0.1) is 0 Å². The molecule has 0 amide bonds. The Labute approximate surface area is 156 Å². The monoisotopic (exact) mass is 364 g/mol. The highest BCUT2D eigenvalue weighted by Gasteiger charge is 2.51. The van der Waals surface area contributed by atoms with Crippen molar-refractivity contribution in [3.05, 3.63) is 23.8 Å². The molecule has 0 spiro atoms. The molecule has 144 valence electrons. The summed E-state index contributed by atoms with van der Waals surface area (Å²) in [5.41, 5.74) is -0.316. The Kier molecular flexibility index (Phi) is 5.76. The first kappa shape index (κ1) is 20.7. The van der Waals surface area contributed by atoms with Gasteiger partial charge in [0.15, 0.2) is 0 Å². The molecular formula is C19H29BO6. The van der Waals surface area contributed by atoms with Gasteiger partial charge in [0.1, 0.15) is 12.4 Å². The maximum absolute atomic E-state index is 12.1. The number of esters is 1. The van der Waals surface area contributed by atoms with Crippen LogP contribution in [0.15, 0.2) is 18.2 Å². The van der Waals surface area contributed by atoms with Crippen molar-refractivity contribution in [2.45, 2.75) is 58.3 Å². The fourth-order valence-electron chi connectivity index (χ4n) is 2.37. The molecule has 1 heterocycles. The second-order valence-electron chi connectivity index (χ2n) is 8.12. The minimum absolute atomic E-state index is 0.330. The molecule has 1 aromatic carbocycles. The third kappa shape index (κ3) is 4.39. The SMILES string of the molecule is COC(=O)c1cc(OCC(C)(C)OC)cc(B2OC(C)(C)C(C)(C)O2)c1. The Bertz CT molecular complexity index is 652. The number of carbonyl (C=O) groups excluding carboxylic acids is 1. The van der Waals surface area contributed by atoms with Crippen molar-refractivity contribution in [1.29, 1.82) is 0 Å². The lowest BCUT2D eigenvalue weighted by atomic mass is 9.78. The van der Waals surface area contributed by atoms with Crippen LogP contribution in [0.1, 0.15) is 51.9 Å². The predicted octanol–water partition coefficient (Wildman–Crippen LogP) is 2.58. The number of rotatable bonds is 6. The van der Waals surface area contributed by atoms with E-state index in [1.807, 2.05) is 47.6 Å². The zero-order chi connectivity index (χ0) is 19.8. The summed E-state index contributed by atoms with van der Waals surface area (Å²) in [6.45, 7) is 12.1. The lowest BCUT2D eigenvalue weighted by Gasteiger charge is -2.32. The van der Waals surface area contributed by atoms with Crippen molar-refractivity contribution in [3.63, 3.8) is 0 Å². The van der Waals surface area contributed by atoms with Gasteiger partial charge in [0, 0.05) is 7.11 Å². The van der Waals surface area contributed by atoms with Crippen LogP contribution in [-0.4, -0.2) is 50.7 Å². The number of benzene rings is 1. The lowest BCUT2D eigenvalue weighted by Crippen LogP contribution is -2.41. The maximum atomic E-state index is 12.1. The molecule has 0 aliphatic carbocycles. The average molecular weight is 364 g/mol. The summed E-state index contributed by atoms with van der Waals surface area (Å²) in [4.78, 5) is 12.1. The first-order valence-corrected chi connectivity index (χ1v) is 8.68. The van der Waals surface area contributed by atoms with Gasteiger partial charge in [0.05, 0.1) is 29.5 Å². The number of ether oxygens (including phenoxy) is 3. The molecule has 1 fully saturated rings. The van der Waals surface area contributed by atoms with Gasteiger partial charge in [-0.05, 0) is 65.2 Å². The van der Waals surface area contributed by atoms with Gasteiger partial charge in [-0.15, -0.1) is 0 Å². The van der Waals surface area contributed by atoms with Gasteiger partial charge < -0.3 is 23.5 Å². The summed E-state index contributed by atoms with van der Waals surface area (Å²) in [6, 6.07) is 5.18. The summed E-state index contributed by atoms with van der Waals surface area (Å²) in [7, 11) is 2.38. The lowest BCUT2D eigenvalue weighted by molar-refractivity contribution is -0.0146. The summed E-state index contributed by atoms with van der Waals surface area (Å²) in [6.07, 6.45) is 0. The van der Waals surface area contributed by atoms with Crippen molar-refractivity contribution in [3.8, 4) is 5.75 Å². The highest BCUT2D eigenvalue weighted by Crippen LogP contribution is 2.36. The molecule has 0 N–H and O–H groups in total. The van der Waals surface area contributed by atoms with E-state index in [-0.39, 0.29) is 0 Å². The fraction of sp³-hybridized carbons (Fsp3) is 0.632. The van der Waals surface area contributed by atoms with Crippen LogP contribution in [0.25, 0.3) is 0 Å². The zero-order valence-corrected chi connectivity index (χ0v) is 17.0. The third-order valence-corrected chi connectivity index (χ3v) is 5.01. The second-order valence-corrected chi connectivity index (χ2v) is 8.12. The highest BCUT2D eigenvalue weighted by molar-refractivity contribution is 6.62. The van der Waals surface area contributed by atoms with Crippen molar-refractivity contribution >= 4 is 18.6 Å². The van der Waals surface area contributed by atoms with Crippen LogP contribution in [0.4, 0.5) is 0 Å². The molecule has 1 aliphatic rings. The van der Waals surface area contributed by atoms with Crippen LogP contribution < -0.4 is 10.2 Å². The summed E-state index contributed by atoms with van der Waals surface area (Å²) < 4.78 is 28.3. The minimum atomic E-state index is -0.595. The van der Waals surface area contributed by atoms with Gasteiger partial charge in [0.25, 0.3) is 0 Å². The van der Waals surface area contributed by atoms with Gasteiger partial charge in [-0.1, -0.05) is 0 Å². The molecule has 26 heavy (non-hydrogen) atoms. The molecule has 0 radical (unpaired) electrons. The average Bonchev–Trinajstić information content (AvgIpc) is 2.80. The van der Waals surface area contributed by atoms with Gasteiger partial charge in [0.2, 0.25) is 0 Å². The molecule has 6 nitrogen and oxygen atoms in total. The van der Waals surface area contributed by atoms with E-state index in [0.717, 1.165) is 0 Å². The molecule has 0 saturated carbocycles. The highest BCUT2D eigenvalue weighted by atomic mass is 16.7. The Morgan fingerprint density at radius 3 is 2.15 bits per heavy atom. The van der Waals surface area contributed by atoms with E-state index < -0.39 is 29.9 Å². The Morgan fingerprint density at radius 1 is 1.08 bits per heavy atom. The number of hydrogen-bond donors (Lipinski definition) is 0. The largest absolute Gasteiger partial charge is 0.494 e. The molecule has 0 unspecified atom stereocenters. The molecule has 2 rings (SSSR count). The first-order valence-electron chi connectivity index (χ1n) is 8.68. The number of hydrogen-bond acceptors (Lipinski definition) is 6. The summed E-state index contributed by atoms with van der Waals surface area (Å²) in [5.74, 6) is 0.0851. The molecular weight excluding hydrogens is 335 g/mol. The quantitative estimate of drug-likeness (QED) is 0.571. The van der Waals surface area contributed by atoms with E-state index in [1.54, 1.807) is 19.2 Å². The molecule has 0 atom stereocenters. The fourth-order valence-corrected chi connectivity index (χ4v) is 2.37. The van der Waals surface area contributed by atoms with Crippen molar-refractivity contribution < 1.29 is 28.3 Å². The van der Waals surface area contributed by atoms with Crippen LogP contribution in [0.3, 0.4) is 0 Å². The summed E-state index contributed by atoms with van der Waals surface area (Å²) >= 11 is 0. The Balaban J connectivity index is 2.34. The van der Waals surface area contributed by atoms with E-state index in [4.69, 9.17) is 23.5 Å². The first-order chi connectivity index (χ1) is 11.9. The van der Waals surface area contributed by atoms with Crippen LogP contribution in [0.5, 0.6) is 5.75 Å². The van der Waals surface area contributed by atoms with Crippen molar-refractivity contribution in [2.24, 2.45) is 0 Å². The van der Waals surface area contributed by atoms with Gasteiger partial charge in [-0.2, -0.15) is 0 Å². The Hall–Kier alpha value is -1.57. The predicted molar refractivity (Wildman–Crippen MR) is 100 cm³/mol. The van der Waals surface area contributed by atoms with E-state index in [9.17, 15) is 4.79 Å². The van der Waals surface area contributed by atoms with Crippen molar-refractivity contribution in [2.75, 3.05) is 20.8 Å². The zero-order valence-electron chi connectivity index (χ0n) is 17.0. The van der Waals surface area contributed by atoms with Crippen LogP contribution in [0.2, 0.25) is 0 Å². The summed E-state index contributed by atoms with van der Waals surface area (Å²) in [5, 5.41) is 0. The maximum Gasteiger partial charge on any atom is 0.494 e. The van der Waals surface area contributed by atoms with E-state index >= 15 is 0 Å². The molecule has 1 aliphatic heterocycles. The van der Waals surface area contributed by atoms with Gasteiger partial charge >= 0.3 is 13.1 Å². The smallest absolute Gasteiger partial charge is 0.491 e. The van der Waals surface area contributed by atoms with E-state index in [0.29, 0.717) is 23.4 Å². The van der Waals surface area contributed by atoms with Crippen molar-refractivity contribution in [1.82, 2.24) is 0 Å². The molecule has 0 aromatic heterocycles. The third-order valence-electron chi connectivity index (χ3n) is 5.01.